The van der Waals surface area contributed by atoms with Crippen molar-refractivity contribution in [1.29, 1.82) is 0 Å². The van der Waals surface area contributed by atoms with E-state index in [1.54, 1.807) is 0 Å². The molecule has 1 rings (SSSR count). The second-order valence-corrected chi connectivity index (χ2v) is 5.73. The van der Waals surface area contributed by atoms with Crippen LogP contribution in [0.3, 0.4) is 0 Å². The van der Waals surface area contributed by atoms with Gasteiger partial charge < -0.3 is 10.6 Å². The van der Waals surface area contributed by atoms with Crippen molar-refractivity contribution < 1.29 is 13.2 Å². The maximum atomic E-state index is 11.7. The summed E-state index contributed by atoms with van der Waals surface area (Å²) in [5, 5.41) is 5.83. The number of likely N-dealkylation sites (N-methyl/N-ethyl adjacent to an activating group) is 1. The van der Waals surface area contributed by atoms with E-state index >= 15 is 0 Å². The molecule has 0 spiro atoms. The smallest absolute Gasteiger partial charge is 0.251 e. The molecule has 0 atom stereocenters. The van der Waals surface area contributed by atoms with Gasteiger partial charge in [-0.25, -0.2) is 13.1 Å². The van der Waals surface area contributed by atoms with Crippen molar-refractivity contribution in [1.82, 2.24) is 15.4 Å². The van der Waals surface area contributed by atoms with E-state index in [4.69, 9.17) is 0 Å². The summed E-state index contributed by atoms with van der Waals surface area (Å²) in [7, 11) is -2.11. The van der Waals surface area contributed by atoms with Gasteiger partial charge in [0, 0.05) is 18.7 Å². The molecule has 3 N–H and O–H groups in total. The average molecular weight is 322 g/mol. The highest BCUT2D eigenvalue weighted by atomic mass is 35.5. The highest BCUT2D eigenvalue weighted by molar-refractivity contribution is 7.89. The number of carbonyl (C=O) groups is 1. The maximum Gasteiger partial charge on any atom is 0.251 e. The lowest BCUT2D eigenvalue weighted by molar-refractivity contribution is 0.0954. The highest BCUT2D eigenvalue weighted by Gasteiger charge is 2.12. The normalized spacial score (nSPS) is 10.7. The molecule has 8 heteroatoms. The van der Waals surface area contributed by atoms with Crippen LogP contribution >= 0.6 is 12.4 Å². The summed E-state index contributed by atoms with van der Waals surface area (Å²) in [6.07, 6.45) is 0. The lowest BCUT2D eigenvalue weighted by Crippen LogP contribution is -2.31. The molecule has 1 aromatic carbocycles. The number of hydrogen-bond donors (Lipinski definition) is 3. The van der Waals surface area contributed by atoms with Crippen molar-refractivity contribution in [2.24, 2.45) is 0 Å². The molecular weight excluding hydrogens is 302 g/mol. The maximum absolute atomic E-state index is 11.7. The minimum atomic E-state index is -3.46. The van der Waals surface area contributed by atoms with Crippen molar-refractivity contribution in [3.63, 3.8) is 0 Å². The molecule has 0 saturated carbocycles. The molecule has 0 unspecified atom stereocenters. The molecule has 0 aliphatic carbocycles. The fourth-order valence-corrected chi connectivity index (χ4v) is 2.18. The van der Waals surface area contributed by atoms with Crippen LogP contribution in [0.15, 0.2) is 29.2 Å². The summed E-state index contributed by atoms with van der Waals surface area (Å²) >= 11 is 0. The first-order valence-corrected chi connectivity index (χ1v) is 7.52. The van der Waals surface area contributed by atoms with Crippen molar-refractivity contribution in [3.8, 4) is 0 Å². The van der Waals surface area contributed by atoms with Crippen LogP contribution in [0.4, 0.5) is 0 Å². The van der Waals surface area contributed by atoms with Crippen molar-refractivity contribution in [2.45, 2.75) is 11.8 Å². The predicted octanol–water partition coefficient (Wildman–Crippen LogP) is 0.356. The Hall–Kier alpha value is -1.15. The largest absolute Gasteiger partial charge is 0.351 e. The summed E-state index contributed by atoms with van der Waals surface area (Å²) in [5.41, 5.74) is 0.437. The van der Waals surface area contributed by atoms with Gasteiger partial charge in [0.2, 0.25) is 10.0 Å². The van der Waals surface area contributed by atoms with Crippen LogP contribution in [0.1, 0.15) is 17.3 Å². The molecule has 114 valence electrons. The minimum Gasteiger partial charge on any atom is -0.351 e. The highest BCUT2D eigenvalue weighted by Crippen LogP contribution is 2.09. The van der Waals surface area contributed by atoms with Crippen LogP contribution in [-0.2, 0) is 10.0 Å². The third-order valence-electron chi connectivity index (χ3n) is 2.53. The number of benzene rings is 1. The van der Waals surface area contributed by atoms with Gasteiger partial charge in [0.15, 0.2) is 0 Å². The van der Waals surface area contributed by atoms with E-state index < -0.39 is 10.0 Å². The van der Waals surface area contributed by atoms with E-state index in [1.807, 2.05) is 6.92 Å². The molecule has 1 aromatic rings. The quantitative estimate of drug-likeness (QED) is 0.633. The number of carbonyl (C=O) groups excluding carboxylic acids is 1. The van der Waals surface area contributed by atoms with Gasteiger partial charge in [-0.2, -0.15) is 0 Å². The molecule has 6 nitrogen and oxygen atoms in total. The summed E-state index contributed by atoms with van der Waals surface area (Å²) in [4.78, 5) is 11.9. The Morgan fingerprint density at radius 1 is 1.15 bits per heavy atom. The Morgan fingerprint density at radius 3 is 2.25 bits per heavy atom. The second kappa shape index (κ2) is 8.91. The van der Waals surface area contributed by atoms with E-state index in [-0.39, 0.29) is 23.2 Å². The molecule has 0 radical (unpaired) electrons. The topological polar surface area (TPSA) is 87.3 Å². The fraction of sp³-hybridized carbons (Fsp3) is 0.417. The third kappa shape index (κ3) is 5.46. The van der Waals surface area contributed by atoms with Gasteiger partial charge in [-0.3, -0.25) is 4.79 Å². The zero-order chi connectivity index (χ0) is 14.3. The van der Waals surface area contributed by atoms with Crippen molar-refractivity contribution in [3.05, 3.63) is 29.8 Å². The minimum absolute atomic E-state index is 0. The van der Waals surface area contributed by atoms with E-state index in [9.17, 15) is 13.2 Å². The summed E-state index contributed by atoms with van der Waals surface area (Å²) in [6.45, 7) is 4.08. The first-order valence-electron chi connectivity index (χ1n) is 6.03. The van der Waals surface area contributed by atoms with Crippen LogP contribution in [-0.4, -0.2) is 41.0 Å². The Balaban J connectivity index is 0.00000361. The van der Waals surface area contributed by atoms with E-state index in [1.165, 1.54) is 31.3 Å². The summed E-state index contributed by atoms with van der Waals surface area (Å²) < 4.78 is 25.2. The molecule has 0 aliphatic heterocycles. The van der Waals surface area contributed by atoms with E-state index in [2.05, 4.69) is 15.4 Å². The van der Waals surface area contributed by atoms with Crippen LogP contribution in [0.5, 0.6) is 0 Å². The standard InChI is InChI=1S/C12H19N3O3S.ClH/c1-3-14-8-9-15-12(16)10-4-6-11(7-5-10)19(17,18)13-2;/h4-7,13-14H,3,8-9H2,1-2H3,(H,15,16);1H. The number of halogens is 1. The van der Waals surface area contributed by atoms with E-state index in [0.29, 0.717) is 18.7 Å². The number of amides is 1. The molecule has 0 heterocycles. The van der Waals surface area contributed by atoms with Gasteiger partial charge >= 0.3 is 0 Å². The van der Waals surface area contributed by atoms with Gasteiger partial charge in [0.25, 0.3) is 5.91 Å². The van der Waals surface area contributed by atoms with Crippen LogP contribution in [0, 0.1) is 0 Å². The summed E-state index contributed by atoms with van der Waals surface area (Å²) in [6, 6.07) is 5.80. The molecule has 20 heavy (non-hydrogen) atoms. The first-order chi connectivity index (χ1) is 9.01. The molecule has 0 bridgehead atoms. The van der Waals surface area contributed by atoms with Crippen LogP contribution in [0.2, 0.25) is 0 Å². The van der Waals surface area contributed by atoms with Crippen molar-refractivity contribution in [2.75, 3.05) is 26.7 Å². The molecule has 0 fully saturated rings. The fourth-order valence-electron chi connectivity index (χ4n) is 1.45. The summed E-state index contributed by atoms with van der Waals surface area (Å²) in [5.74, 6) is -0.216. The SMILES string of the molecule is CCNCCNC(=O)c1ccc(S(=O)(=O)NC)cc1.Cl. The number of rotatable bonds is 7. The Bertz CT molecular complexity index is 517. The van der Waals surface area contributed by atoms with Crippen LogP contribution in [0.25, 0.3) is 0 Å². The lowest BCUT2D eigenvalue weighted by Gasteiger charge is -2.06. The molecule has 0 aromatic heterocycles. The number of sulfonamides is 1. The van der Waals surface area contributed by atoms with E-state index in [0.717, 1.165) is 6.54 Å². The van der Waals surface area contributed by atoms with Gasteiger partial charge in [0.05, 0.1) is 4.90 Å². The van der Waals surface area contributed by atoms with Crippen molar-refractivity contribution >= 4 is 28.3 Å². The molecule has 0 aliphatic rings. The number of nitrogens with one attached hydrogen (secondary N) is 3. The molecular formula is C12H20ClN3O3S. The Labute approximate surface area is 125 Å². The van der Waals surface area contributed by atoms with Gasteiger partial charge in [-0.15, -0.1) is 12.4 Å². The lowest BCUT2D eigenvalue weighted by atomic mass is 10.2. The van der Waals surface area contributed by atoms with Gasteiger partial charge in [-0.05, 0) is 37.9 Å². The first kappa shape index (κ1) is 18.9. The second-order valence-electron chi connectivity index (χ2n) is 3.84. The van der Waals surface area contributed by atoms with Gasteiger partial charge in [-0.1, -0.05) is 6.92 Å². The molecule has 1 amide bonds. The van der Waals surface area contributed by atoms with Crippen LogP contribution < -0.4 is 15.4 Å². The Kier molecular flexibility index (Phi) is 8.40. The third-order valence-corrected chi connectivity index (χ3v) is 3.96. The monoisotopic (exact) mass is 321 g/mol. The predicted molar refractivity (Wildman–Crippen MR) is 80.8 cm³/mol. The van der Waals surface area contributed by atoms with Gasteiger partial charge in [0.1, 0.15) is 0 Å². The number of hydrogen-bond acceptors (Lipinski definition) is 4. The Morgan fingerprint density at radius 2 is 1.75 bits per heavy atom. The zero-order valence-electron chi connectivity index (χ0n) is 11.5. The zero-order valence-corrected chi connectivity index (χ0v) is 13.1. The average Bonchev–Trinajstić information content (AvgIpc) is 2.43. The molecule has 0 saturated heterocycles.